The van der Waals surface area contributed by atoms with Crippen LogP contribution in [-0.4, -0.2) is 11.2 Å². The van der Waals surface area contributed by atoms with Gasteiger partial charge in [0.1, 0.15) is 0 Å². The summed E-state index contributed by atoms with van der Waals surface area (Å²) in [5.41, 5.74) is 0. The molecule has 1 N–H and O–H groups in total. The van der Waals surface area contributed by atoms with E-state index in [0.717, 1.165) is 19.3 Å². The molecule has 0 bridgehead atoms. The molecule has 0 aliphatic rings. The van der Waals surface area contributed by atoms with E-state index in [1.165, 1.54) is 25.7 Å². The van der Waals surface area contributed by atoms with Gasteiger partial charge in [-0.15, -0.1) is 0 Å². The molecule has 0 heterocycles. The highest BCUT2D eigenvalue weighted by atomic mass is 16.3. The molecule has 0 amide bonds. The molecule has 1 heteroatoms. The number of rotatable bonds is 7. The normalized spacial score (nSPS) is 13.4. The number of aliphatic hydroxyl groups is 1. The maximum atomic E-state index is 9.31. The van der Waals surface area contributed by atoms with E-state index in [2.05, 4.69) is 13.8 Å². The minimum Gasteiger partial charge on any atom is -0.393 e. The van der Waals surface area contributed by atoms with Gasteiger partial charge in [0.05, 0.1) is 6.10 Å². The first-order valence-corrected chi connectivity index (χ1v) is 4.78. The van der Waals surface area contributed by atoms with Crippen molar-refractivity contribution < 1.29 is 5.11 Å². The van der Waals surface area contributed by atoms with Crippen molar-refractivity contribution in [3.8, 4) is 0 Å². The van der Waals surface area contributed by atoms with Gasteiger partial charge in [0, 0.05) is 0 Å². The van der Waals surface area contributed by atoms with Crippen LogP contribution >= 0.6 is 0 Å². The monoisotopic (exact) mass is 157 g/mol. The molecule has 11 heavy (non-hydrogen) atoms. The zero-order valence-corrected chi connectivity index (χ0v) is 7.68. The van der Waals surface area contributed by atoms with Crippen LogP contribution in [0.25, 0.3) is 0 Å². The fourth-order valence-electron chi connectivity index (χ4n) is 1.19. The largest absolute Gasteiger partial charge is 0.393 e. The van der Waals surface area contributed by atoms with Crippen LogP contribution < -0.4 is 0 Å². The number of hydrogen-bond acceptors (Lipinski definition) is 1. The van der Waals surface area contributed by atoms with Crippen LogP contribution in [0.4, 0.5) is 0 Å². The van der Waals surface area contributed by atoms with Crippen molar-refractivity contribution >= 4 is 0 Å². The Morgan fingerprint density at radius 3 is 2.45 bits per heavy atom. The SMILES string of the molecule is [CH2]CCC(O)CCCCCC. The Labute approximate surface area is 70.8 Å². The molecule has 0 rings (SSSR count). The number of unbranched alkanes of at least 4 members (excludes halogenated alkanes) is 3. The van der Waals surface area contributed by atoms with E-state index in [4.69, 9.17) is 0 Å². The second-order valence-corrected chi connectivity index (χ2v) is 3.15. The molecule has 0 saturated heterocycles. The molecule has 0 fully saturated rings. The first-order chi connectivity index (χ1) is 5.31. The molecule has 0 aliphatic carbocycles. The Balaban J connectivity index is 2.97. The van der Waals surface area contributed by atoms with Gasteiger partial charge < -0.3 is 5.11 Å². The van der Waals surface area contributed by atoms with Gasteiger partial charge in [-0.25, -0.2) is 0 Å². The number of hydrogen-bond donors (Lipinski definition) is 1. The molecule has 67 valence electrons. The van der Waals surface area contributed by atoms with Crippen molar-refractivity contribution in [1.82, 2.24) is 0 Å². The minimum atomic E-state index is -0.0932. The predicted molar refractivity (Wildman–Crippen MR) is 49.4 cm³/mol. The summed E-state index contributed by atoms with van der Waals surface area (Å²) < 4.78 is 0. The molecule has 1 unspecified atom stereocenters. The highest BCUT2D eigenvalue weighted by molar-refractivity contribution is 4.56. The average molecular weight is 157 g/mol. The van der Waals surface area contributed by atoms with Crippen LogP contribution in [0, 0.1) is 6.92 Å². The maximum Gasteiger partial charge on any atom is 0.0540 e. The molecule has 0 aromatic carbocycles. The molecule has 1 atom stereocenters. The van der Waals surface area contributed by atoms with E-state index in [-0.39, 0.29) is 6.10 Å². The Hall–Kier alpha value is -0.0400. The highest BCUT2D eigenvalue weighted by Gasteiger charge is 2.00. The lowest BCUT2D eigenvalue weighted by Crippen LogP contribution is -2.04. The van der Waals surface area contributed by atoms with E-state index in [1.54, 1.807) is 0 Å². The van der Waals surface area contributed by atoms with Crippen molar-refractivity contribution in [3.63, 3.8) is 0 Å². The Bertz CT molecular complexity index is 71.3. The van der Waals surface area contributed by atoms with E-state index >= 15 is 0 Å². The van der Waals surface area contributed by atoms with Crippen molar-refractivity contribution in [1.29, 1.82) is 0 Å². The summed E-state index contributed by atoms with van der Waals surface area (Å²) in [4.78, 5) is 0. The van der Waals surface area contributed by atoms with Gasteiger partial charge in [-0.3, -0.25) is 0 Å². The van der Waals surface area contributed by atoms with Crippen molar-refractivity contribution in [2.75, 3.05) is 0 Å². The topological polar surface area (TPSA) is 20.2 Å². The second-order valence-electron chi connectivity index (χ2n) is 3.15. The van der Waals surface area contributed by atoms with Gasteiger partial charge in [0.15, 0.2) is 0 Å². The van der Waals surface area contributed by atoms with Crippen LogP contribution in [0.5, 0.6) is 0 Å². The average Bonchev–Trinajstić information content (AvgIpc) is 1.99. The van der Waals surface area contributed by atoms with Gasteiger partial charge in [-0.1, -0.05) is 46.0 Å². The van der Waals surface area contributed by atoms with Gasteiger partial charge in [-0.05, 0) is 12.8 Å². The lowest BCUT2D eigenvalue weighted by Gasteiger charge is -2.07. The predicted octanol–water partition coefficient (Wildman–Crippen LogP) is 2.93. The molecule has 0 spiro atoms. The summed E-state index contributed by atoms with van der Waals surface area (Å²) in [7, 11) is 0. The summed E-state index contributed by atoms with van der Waals surface area (Å²) in [6, 6.07) is 0. The van der Waals surface area contributed by atoms with Crippen LogP contribution in [0.1, 0.15) is 51.9 Å². The standard InChI is InChI=1S/C10H21O/c1-3-5-6-7-9-10(11)8-4-2/h10-11H,2-9H2,1H3. The van der Waals surface area contributed by atoms with Crippen molar-refractivity contribution in [2.24, 2.45) is 0 Å². The zero-order chi connectivity index (χ0) is 8.53. The molecule has 1 nitrogen and oxygen atoms in total. The maximum absolute atomic E-state index is 9.31. The summed E-state index contributed by atoms with van der Waals surface area (Å²) in [5, 5.41) is 9.31. The van der Waals surface area contributed by atoms with Crippen molar-refractivity contribution in [2.45, 2.75) is 58.0 Å². The molecule has 0 aromatic heterocycles. The Morgan fingerprint density at radius 2 is 1.91 bits per heavy atom. The van der Waals surface area contributed by atoms with Crippen LogP contribution in [0.15, 0.2) is 0 Å². The highest BCUT2D eigenvalue weighted by Crippen LogP contribution is 2.08. The molecule has 0 aromatic rings. The molecule has 1 radical (unpaired) electrons. The summed E-state index contributed by atoms with van der Waals surface area (Å²) in [6.07, 6.45) is 7.61. The fourth-order valence-corrected chi connectivity index (χ4v) is 1.19. The summed E-state index contributed by atoms with van der Waals surface area (Å²) in [6.45, 7) is 5.91. The van der Waals surface area contributed by atoms with Crippen LogP contribution in [0.2, 0.25) is 0 Å². The van der Waals surface area contributed by atoms with Gasteiger partial charge in [-0.2, -0.15) is 0 Å². The van der Waals surface area contributed by atoms with E-state index in [9.17, 15) is 5.11 Å². The molecule has 0 aliphatic heterocycles. The summed E-state index contributed by atoms with van der Waals surface area (Å²) in [5.74, 6) is 0. The third-order valence-corrected chi connectivity index (χ3v) is 1.93. The van der Waals surface area contributed by atoms with Gasteiger partial charge >= 0.3 is 0 Å². The zero-order valence-electron chi connectivity index (χ0n) is 7.68. The third kappa shape index (κ3) is 7.86. The Kier molecular flexibility index (Phi) is 8.03. The van der Waals surface area contributed by atoms with E-state index in [0.29, 0.717) is 0 Å². The lowest BCUT2D eigenvalue weighted by atomic mass is 10.1. The minimum absolute atomic E-state index is 0.0932. The summed E-state index contributed by atoms with van der Waals surface area (Å²) >= 11 is 0. The smallest absolute Gasteiger partial charge is 0.0540 e. The Morgan fingerprint density at radius 1 is 1.18 bits per heavy atom. The first kappa shape index (κ1) is 11.0. The lowest BCUT2D eigenvalue weighted by molar-refractivity contribution is 0.152. The fraction of sp³-hybridized carbons (Fsp3) is 0.900. The second kappa shape index (κ2) is 8.06. The van der Waals surface area contributed by atoms with Crippen molar-refractivity contribution in [3.05, 3.63) is 6.92 Å². The van der Waals surface area contributed by atoms with E-state index < -0.39 is 0 Å². The van der Waals surface area contributed by atoms with Gasteiger partial charge in [0.2, 0.25) is 0 Å². The van der Waals surface area contributed by atoms with E-state index in [1.807, 2.05) is 0 Å². The first-order valence-electron chi connectivity index (χ1n) is 4.78. The molecular weight excluding hydrogens is 136 g/mol. The quantitative estimate of drug-likeness (QED) is 0.563. The molecular formula is C10H21O. The number of aliphatic hydroxyl groups excluding tert-OH is 1. The van der Waals surface area contributed by atoms with Crippen LogP contribution in [-0.2, 0) is 0 Å². The molecule has 0 saturated carbocycles. The van der Waals surface area contributed by atoms with Gasteiger partial charge in [0.25, 0.3) is 0 Å². The van der Waals surface area contributed by atoms with Crippen LogP contribution in [0.3, 0.4) is 0 Å². The third-order valence-electron chi connectivity index (χ3n) is 1.93.